The van der Waals surface area contributed by atoms with E-state index in [1.165, 1.54) is 7.11 Å². The van der Waals surface area contributed by atoms with Gasteiger partial charge in [0.2, 0.25) is 5.91 Å². The van der Waals surface area contributed by atoms with Gasteiger partial charge in [-0.1, -0.05) is 74.5 Å². The number of nitrogens with one attached hydrogen (secondary N) is 2. The molecule has 2 atom stereocenters. The van der Waals surface area contributed by atoms with Crippen molar-refractivity contribution in [1.29, 1.82) is 0 Å². The fraction of sp³-hybridized carbons (Fsp3) is 0.269. The van der Waals surface area contributed by atoms with Crippen molar-refractivity contribution >= 4 is 28.6 Å². The molecule has 2 N–H and O–H groups in total. The van der Waals surface area contributed by atoms with Crippen LogP contribution in [0.3, 0.4) is 0 Å². The number of benzene rings is 3. The second-order valence-electron chi connectivity index (χ2n) is 8.05. The normalized spacial score (nSPS) is 12.8. The molecule has 0 aliphatic rings. The molecule has 1 unspecified atom stereocenters. The van der Waals surface area contributed by atoms with Crippen molar-refractivity contribution in [2.45, 2.75) is 32.4 Å². The molecule has 3 aromatic rings. The van der Waals surface area contributed by atoms with Crippen molar-refractivity contribution in [2.75, 3.05) is 7.11 Å². The number of ether oxygens (including phenoxy) is 1. The van der Waals surface area contributed by atoms with Crippen LogP contribution in [0.1, 0.15) is 42.2 Å². The minimum absolute atomic E-state index is 0.161. The number of carbonyl (C=O) groups is 3. The van der Waals surface area contributed by atoms with Gasteiger partial charge in [0, 0.05) is 5.56 Å². The first kappa shape index (κ1) is 23.0. The zero-order chi connectivity index (χ0) is 23.1. The van der Waals surface area contributed by atoms with E-state index in [1.54, 1.807) is 24.3 Å². The van der Waals surface area contributed by atoms with Gasteiger partial charge in [-0.2, -0.15) is 0 Å². The first-order chi connectivity index (χ1) is 15.4. The van der Waals surface area contributed by atoms with Crippen LogP contribution in [-0.4, -0.2) is 30.9 Å². The summed E-state index contributed by atoms with van der Waals surface area (Å²) >= 11 is 0. The molecule has 3 aromatic carbocycles. The monoisotopic (exact) mass is 432 g/mol. The average Bonchev–Trinajstić information content (AvgIpc) is 2.81. The van der Waals surface area contributed by atoms with Crippen molar-refractivity contribution in [1.82, 2.24) is 10.6 Å². The molecule has 32 heavy (non-hydrogen) atoms. The zero-order valence-electron chi connectivity index (χ0n) is 18.5. The van der Waals surface area contributed by atoms with Crippen molar-refractivity contribution in [2.24, 2.45) is 5.92 Å². The number of methoxy groups -OCH3 is 1. The summed E-state index contributed by atoms with van der Waals surface area (Å²) in [5.74, 6) is -1.20. The number of fused-ring (bicyclic) bond motifs is 1. The van der Waals surface area contributed by atoms with Crippen molar-refractivity contribution < 1.29 is 19.1 Å². The summed E-state index contributed by atoms with van der Waals surface area (Å²) in [7, 11) is 1.29. The number of carbonyl (C=O) groups excluding carboxylic acids is 3. The molecule has 0 bridgehead atoms. The van der Waals surface area contributed by atoms with E-state index in [-0.39, 0.29) is 11.8 Å². The molecule has 2 amide bonds. The van der Waals surface area contributed by atoms with Gasteiger partial charge in [0.05, 0.1) is 7.11 Å². The topological polar surface area (TPSA) is 84.5 Å². The van der Waals surface area contributed by atoms with Crippen LogP contribution in [0.5, 0.6) is 0 Å². The molecule has 0 aromatic heterocycles. The maximum Gasteiger partial charge on any atom is 0.328 e. The molecule has 166 valence electrons. The third-order valence-corrected chi connectivity index (χ3v) is 5.22. The molecule has 0 fully saturated rings. The van der Waals surface area contributed by atoms with Crippen molar-refractivity contribution in [3.8, 4) is 0 Å². The highest BCUT2D eigenvalue weighted by Crippen LogP contribution is 2.25. The summed E-state index contributed by atoms with van der Waals surface area (Å²) in [6, 6.07) is 20.2. The van der Waals surface area contributed by atoms with Gasteiger partial charge in [-0.15, -0.1) is 0 Å². The fourth-order valence-corrected chi connectivity index (χ4v) is 3.67. The van der Waals surface area contributed by atoms with E-state index < -0.39 is 24.0 Å². The van der Waals surface area contributed by atoms with E-state index in [0.717, 1.165) is 10.8 Å². The smallest absolute Gasteiger partial charge is 0.328 e. The number of amides is 2. The Kier molecular flexibility index (Phi) is 7.60. The molecule has 0 heterocycles. The van der Waals surface area contributed by atoms with E-state index >= 15 is 0 Å². The summed E-state index contributed by atoms with van der Waals surface area (Å²) in [5.41, 5.74) is 1.09. The third-order valence-electron chi connectivity index (χ3n) is 5.22. The SMILES string of the molecule is COC(=O)[C@@H](CC(C)C)NC(=O)C(NC(=O)c1ccccc1)c1cccc2ccccc12. The number of rotatable bonds is 8. The fourth-order valence-electron chi connectivity index (χ4n) is 3.67. The minimum atomic E-state index is -0.992. The molecule has 0 spiro atoms. The van der Waals surface area contributed by atoms with Gasteiger partial charge < -0.3 is 15.4 Å². The maximum absolute atomic E-state index is 13.4. The van der Waals surface area contributed by atoms with Crippen LogP contribution in [0.25, 0.3) is 10.8 Å². The molecular weight excluding hydrogens is 404 g/mol. The Morgan fingerprint density at radius 3 is 2.19 bits per heavy atom. The Balaban J connectivity index is 1.98. The molecule has 6 nitrogen and oxygen atoms in total. The van der Waals surface area contributed by atoms with Crippen LogP contribution in [0.2, 0.25) is 0 Å². The molecule has 0 radical (unpaired) electrons. The molecule has 3 rings (SSSR count). The number of hydrogen-bond acceptors (Lipinski definition) is 4. The van der Waals surface area contributed by atoms with Gasteiger partial charge in [-0.25, -0.2) is 4.79 Å². The third kappa shape index (κ3) is 5.52. The maximum atomic E-state index is 13.4. The van der Waals surface area contributed by atoms with E-state index in [0.29, 0.717) is 17.5 Å². The summed E-state index contributed by atoms with van der Waals surface area (Å²) in [6.07, 6.45) is 0.424. The first-order valence-corrected chi connectivity index (χ1v) is 10.6. The van der Waals surface area contributed by atoms with Gasteiger partial charge in [0.1, 0.15) is 12.1 Å². The molecule has 0 aliphatic carbocycles. The predicted octanol–water partition coefficient (Wildman–Crippen LogP) is 4.01. The Morgan fingerprint density at radius 2 is 1.50 bits per heavy atom. The molecule has 0 aliphatic heterocycles. The lowest BCUT2D eigenvalue weighted by Gasteiger charge is -2.24. The van der Waals surface area contributed by atoms with Gasteiger partial charge in [-0.3, -0.25) is 9.59 Å². The minimum Gasteiger partial charge on any atom is -0.467 e. The lowest BCUT2D eigenvalue weighted by atomic mass is 9.96. The standard InChI is InChI=1S/C26H28N2O4/c1-17(2)16-22(26(31)32-3)27-25(30)23(28-24(29)19-11-5-4-6-12-19)21-15-9-13-18-10-7-8-14-20(18)21/h4-15,17,22-23H,16H2,1-3H3,(H,27,30)(H,28,29)/t22-,23?/m1/s1. The molecule has 0 saturated heterocycles. The van der Waals surface area contributed by atoms with Crippen LogP contribution in [0, 0.1) is 5.92 Å². The Labute approximate surface area is 188 Å². The molecule has 0 saturated carbocycles. The quantitative estimate of drug-likeness (QED) is 0.527. The summed E-state index contributed by atoms with van der Waals surface area (Å²) in [4.78, 5) is 38.6. The van der Waals surface area contributed by atoms with Crippen LogP contribution in [-0.2, 0) is 14.3 Å². The van der Waals surface area contributed by atoms with E-state index in [4.69, 9.17) is 4.74 Å². The Hall–Kier alpha value is -3.67. The lowest BCUT2D eigenvalue weighted by Crippen LogP contribution is -2.48. The number of esters is 1. The molecular formula is C26H28N2O4. The average molecular weight is 433 g/mol. The Morgan fingerprint density at radius 1 is 0.844 bits per heavy atom. The van der Waals surface area contributed by atoms with Gasteiger partial charge in [0.15, 0.2) is 0 Å². The van der Waals surface area contributed by atoms with Crippen LogP contribution >= 0.6 is 0 Å². The van der Waals surface area contributed by atoms with Crippen molar-refractivity contribution in [3.63, 3.8) is 0 Å². The largest absolute Gasteiger partial charge is 0.467 e. The highest BCUT2D eigenvalue weighted by atomic mass is 16.5. The first-order valence-electron chi connectivity index (χ1n) is 10.6. The van der Waals surface area contributed by atoms with E-state index in [1.807, 2.05) is 62.4 Å². The molecule has 6 heteroatoms. The van der Waals surface area contributed by atoms with Crippen LogP contribution in [0.4, 0.5) is 0 Å². The number of hydrogen-bond donors (Lipinski definition) is 2. The zero-order valence-corrected chi connectivity index (χ0v) is 18.5. The van der Waals surface area contributed by atoms with Crippen LogP contribution in [0.15, 0.2) is 72.8 Å². The van der Waals surface area contributed by atoms with Gasteiger partial charge in [0.25, 0.3) is 5.91 Å². The van der Waals surface area contributed by atoms with Gasteiger partial charge in [-0.05, 0) is 40.8 Å². The lowest BCUT2D eigenvalue weighted by molar-refractivity contribution is -0.145. The van der Waals surface area contributed by atoms with E-state index in [9.17, 15) is 14.4 Å². The Bertz CT molecular complexity index is 1090. The summed E-state index contributed by atoms with van der Waals surface area (Å²) in [6.45, 7) is 3.92. The highest BCUT2D eigenvalue weighted by Gasteiger charge is 2.30. The van der Waals surface area contributed by atoms with E-state index in [2.05, 4.69) is 10.6 Å². The second-order valence-corrected chi connectivity index (χ2v) is 8.05. The predicted molar refractivity (Wildman–Crippen MR) is 124 cm³/mol. The van der Waals surface area contributed by atoms with Crippen LogP contribution < -0.4 is 10.6 Å². The highest BCUT2D eigenvalue weighted by molar-refractivity contribution is 6.00. The summed E-state index contributed by atoms with van der Waals surface area (Å²) in [5, 5.41) is 7.44. The second kappa shape index (κ2) is 10.6. The van der Waals surface area contributed by atoms with Crippen molar-refractivity contribution in [3.05, 3.63) is 83.9 Å². The summed E-state index contributed by atoms with van der Waals surface area (Å²) < 4.78 is 4.88. The van der Waals surface area contributed by atoms with Gasteiger partial charge >= 0.3 is 5.97 Å².